The fourth-order valence-corrected chi connectivity index (χ4v) is 4.14. The number of ether oxygens (including phenoxy) is 2. The number of amides is 1. The van der Waals surface area contributed by atoms with E-state index in [9.17, 15) is 4.79 Å². The first-order valence-corrected chi connectivity index (χ1v) is 10.7. The van der Waals surface area contributed by atoms with Crippen molar-refractivity contribution in [2.24, 2.45) is 0 Å². The van der Waals surface area contributed by atoms with Crippen LogP contribution in [0.1, 0.15) is 18.4 Å². The Bertz CT molecular complexity index is 870. The van der Waals surface area contributed by atoms with Crippen molar-refractivity contribution in [1.82, 2.24) is 4.90 Å². The molecular formula is C20H20ClIN2O3S. The lowest BCUT2D eigenvalue weighted by Crippen LogP contribution is -2.26. The lowest BCUT2D eigenvalue weighted by atomic mass is 10.2. The molecule has 0 radical (unpaired) electrons. The summed E-state index contributed by atoms with van der Waals surface area (Å²) in [6.45, 7) is 1.84. The number of halogens is 2. The minimum absolute atomic E-state index is 0.134. The number of carbonyl (C=O) groups is 1. The minimum atomic E-state index is -0.267. The van der Waals surface area contributed by atoms with Gasteiger partial charge in [0.15, 0.2) is 18.1 Å². The Morgan fingerprint density at radius 2 is 1.93 bits per heavy atom. The summed E-state index contributed by atoms with van der Waals surface area (Å²) in [4.78, 5) is 15.2. The fraction of sp³-hybridized carbons (Fsp3) is 0.300. The van der Waals surface area contributed by atoms with Crippen LogP contribution in [0.4, 0.5) is 5.69 Å². The lowest BCUT2D eigenvalue weighted by molar-refractivity contribution is -0.118. The molecule has 1 fully saturated rings. The first-order chi connectivity index (χ1) is 13.5. The zero-order valence-corrected chi connectivity index (χ0v) is 19.1. The average Bonchev–Trinajstić information content (AvgIpc) is 3.22. The van der Waals surface area contributed by atoms with Crippen molar-refractivity contribution >= 4 is 63.0 Å². The molecular weight excluding hydrogens is 511 g/mol. The zero-order valence-electron chi connectivity index (χ0n) is 15.3. The van der Waals surface area contributed by atoms with Gasteiger partial charge in [0.1, 0.15) is 4.99 Å². The van der Waals surface area contributed by atoms with Crippen molar-refractivity contribution in [2.45, 2.75) is 12.8 Å². The second-order valence-electron chi connectivity index (χ2n) is 6.33. The quantitative estimate of drug-likeness (QED) is 0.432. The van der Waals surface area contributed by atoms with Gasteiger partial charge in [0, 0.05) is 29.4 Å². The normalized spacial score (nSPS) is 13.3. The van der Waals surface area contributed by atoms with Gasteiger partial charge in [-0.2, -0.15) is 0 Å². The number of likely N-dealkylation sites (tertiary alicyclic amines) is 1. The van der Waals surface area contributed by atoms with Gasteiger partial charge in [-0.25, -0.2) is 0 Å². The predicted molar refractivity (Wildman–Crippen MR) is 124 cm³/mol. The van der Waals surface area contributed by atoms with Gasteiger partial charge in [0.25, 0.3) is 5.91 Å². The third-order valence-electron chi connectivity index (χ3n) is 4.35. The number of hydrogen-bond acceptors (Lipinski definition) is 4. The third kappa shape index (κ3) is 5.27. The van der Waals surface area contributed by atoms with Crippen LogP contribution in [0, 0.1) is 3.57 Å². The van der Waals surface area contributed by atoms with E-state index in [1.807, 2.05) is 12.1 Å². The maximum Gasteiger partial charge on any atom is 0.262 e. The SMILES string of the molecule is COc1cc(C(=S)N2CCCC2)cc(I)c1OCC(=O)Nc1ccc(Cl)cc1. The van der Waals surface area contributed by atoms with Crippen molar-refractivity contribution < 1.29 is 14.3 Å². The molecule has 0 spiro atoms. The molecule has 3 rings (SSSR count). The van der Waals surface area contributed by atoms with Gasteiger partial charge in [-0.15, -0.1) is 0 Å². The molecule has 0 atom stereocenters. The summed E-state index contributed by atoms with van der Waals surface area (Å²) >= 11 is 13.7. The van der Waals surface area contributed by atoms with E-state index in [2.05, 4.69) is 32.8 Å². The van der Waals surface area contributed by atoms with Gasteiger partial charge in [-0.05, 0) is 71.8 Å². The van der Waals surface area contributed by atoms with Crippen LogP contribution in [0.15, 0.2) is 36.4 Å². The first-order valence-electron chi connectivity index (χ1n) is 8.83. The Labute approximate surface area is 188 Å². The number of anilines is 1. The van der Waals surface area contributed by atoms with Gasteiger partial charge >= 0.3 is 0 Å². The Morgan fingerprint density at radius 3 is 2.57 bits per heavy atom. The second-order valence-corrected chi connectivity index (χ2v) is 8.32. The van der Waals surface area contributed by atoms with Gasteiger partial charge in [-0.1, -0.05) is 23.8 Å². The smallest absolute Gasteiger partial charge is 0.262 e. The van der Waals surface area contributed by atoms with E-state index in [4.69, 9.17) is 33.3 Å². The fourth-order valence-electron chi connectivity index (χ4n) is 2.95. The Hall–Kier alpha value is -1.58. The molecule has 1 heterocycles. The van der Waals surface area contributed by atoms with Gasteiger partial charge in [-0.3, -0.25) is 4.79 Å². The van der Waals surface area contributed by atoms with Crippen LogP contribution >= 0.6 is 46.4 Å². The van der Waals surface area contributed by atoms with Gasteiger partial charge in [0.2, 0.25) is 0 Å². The second kappa shape index (κ2) is 9.76. The highest BCUT2D eigenvalue weighted by Crippen LogP contribution is 2.34. The number of thiocarbonyl (C=S) groups is 1. The number of carbonyl (C=O) groups excluding carboxylic acids is 1. The van der Waals surface area contributed by atoms with E-state index >= 15 is 0 Å². The Balaban J connectivity index is 1.68. The summed E-state index contributed by atoms with van der Waals surface area (Å²) < 4.78 is 12.1. The Morgan fingerprint density at radius 1 is 1.25 bits per heavy atom. The molecule has 2 aromatic rings. The van der Waals surface area contributed by atoms with E-state index in [1.165, 1.54) is 0 Å². The van der Waals surface area contributed by atoms with E-state index in [0.29, 0.717) is 22.2 Å². The van der Waals surface area contributed by atoms with Crippen LogP contribution in [0.5, 0.6) is 11.5 Å². The molecule has 8 heteroatoms. The highest BCUT2D eigenvalue weighted by Gasteiger charge is 2.20. The summed E-state index contributed by atoms with van der Waals surface area (Å²) in [6.07, 6.45) is 2.33. The third-order valence-corrected chi connectivity index (χ3v) is 5.89. The molecule has 2 aromatic carbocycles. The summed E-state index contributed by atoms with van der Waals surface area (Å²) in [7, 11) is 1.58. The maximum atomic E-state index is 12.2. The Kier molecular flexibility index (Phi) is 7.36. The molecule has 1 aliphatic heterocycles. The van der Waals surface area contributed by atoms with Crippen LogP contribution in [-0.2, 0) is 4.79 Å². The summed E-state index contributed by atoms with van der Waals surface area (Å²) in [5.74, 6) is 0.821. The van der Waals surface area contributed by atoms with Crippen molar-refractivity contribution in [3.63, 3.8) is 0 Å². The first kappa shape index (κ1) is 21.1. The van der Waals surface area contributed by atoms with Crippen LogP contribution in [-0.4, -0.2) is 42.6 Å². The van der Waals surface area contributed by atoms with Gasteiger partial charge < -0.3 is 19.7 Å². The molecule has 0 aliphatic carbocycles. The molecule has 0 aromatic heterocycles. The molecule has 1 aliphatic rings. The summed E-state index contributed by atoms with van der Waals surface area (Å²) in [5.41, 5.74) is 1.59. The summed E-state index contributed by atoms with van der Waals surface area (Å²) in [5, 5.41) is 3.38. The molecule has 1 N–H and O–H groups in total. The minimum Gasteiger partial charge on any atom is -0.493 e. The number of benzene rings is 2. The van der Waals surface area contributed by atoms with Crippen LogP contribution in [0.3, 0.4) is 0 Å². The average molecular weight is 531 g/mol. The molecule has 5 nitrogen and oxygen atoms in total. The summed E-state index contributed by atoms with van der Waals surface area (Å²) in [6, 6.07) is 10.7. The zero-order chi connectivity index (χ0) is 20.1. The number of hydrogen-bond donors (Lipinski definition) is 1. The highest BCUT2D eigenvalue weighted by atomic mass is 127. The van der Waals surface area contributed by atoms with Crippen LogP contribution in [0.25, 0.3) is 0 Å². The molecule has 0 saturated carbocycles. The lowest BCUT2D eigenvalue weighted by Gasteiger charge is -2.20. The van der Waals surface area contributed by atoms with Crippen molar-refractivity contribution in [1.29, 1.82) is 0 Å². The standard InChI is InChI=1S/C20H20ClIN2O3S/c1-26-17-11-13(20(28)24-8-2-3-9-24)10-16(22)19(17)27-12-18(25)23-15-6-4-14(21)5-7-15/h4-7,10-11H,2-3,8-9,12H2,1H3,(H,23,25). The van der Waals surface area contributed by atoms with Gasteiger partial charge in [0.05, 0.1) is 10.7 Å². The maximum absolute atomic E-state index is 12.2. The van der Waals surface area contributed by atoms with Crippen molar-refractivity contribution in [3.8, 4) is 11.5 Å². The molecule has 1 saturated heterocycles. The van der Waals surface area contributed by atoms with Crippen molar-refractivity contribution in [2.75, 3.05) is 32.1 Å². The molecule has 148 valence electrons. The number of nitrogens with one attached hydrogen (secondary N) is 1. The highest BCUT2D eigenvalue weighted by molar-refractivity contribution is 14.1. The molecule has 0 unspecified atom stereocenters. The van der Waals surface area contributed by atoms with E-state index < -0.39 is 0 Å². The van der Waals surface area contributed by atoms with E-state index in [-0.39, 0.29) is 12.5 Å². The molecule has 1 amide bonds. The van der Waals surface area contributed by atoms with Crippen LogP contribution in [0.2, 0.25) is 5.02 Å². The number of nitrogens with zero attached hydrogens (tertiary/aromatic N) is 1. The number of methoxy groups -OCH3 is 1. The largest absolute Gasteiger partial charge is 0.493 e. The predicted octanol–water partition coefficient (Wildman–Crippen LogP) is 4.74. The number of rotatable bonds is 6. The molecule has 0 bridgehead atoms. The van der Waals surface area contributed by atoms with Crippen molar-refractivity contribution in [3.05, 3.63) is 50.6 Å². The topological polar surface area (TPSA) is 50.8 Å². The molecule has 28 heavy (non-hydrogen) atoms. The van der Waals surface area contributed by atoms with E-state index in [1.54, 1.807) is 31.4 Å². The van der Waals surface area contributed by atoms with E-state index in [0.717, 1.165) is 40.1 Å². The monoisotopic (exact) mass is 530 g/mol. The van der Waals surface area contributed by atoms with Crippen LogP contribution < -0.4 is 14.8 Å².